The normalized spacial score (nSPS) is 9.94. The molecule has 0 atom stereocenters. The van der Waals surface area contributed by atoms with Gasteiger partial charge in [0.25, 0.3) is 0 Å². The number of anilines is 1. The summed E-state index contributed by atoms with van der Waals surface area (Å²) in [6.45, 7) is 4.10. The van der Waals surface area contributed by atoms with Gasteiger partial charge in [0.05, 0.1) is 0 Å². The topological polar surface area (TPSA) is 37.0 Å². The predicted molar refractivity (Wildman–Crippen MR) is 75.1 cm³/mol. The Kier molecular flexibility index (Phi) is 6.69. The molecule has 0 aliphatic heterocycles. The number of fused-ring (bicyclic) bond motifs is 1. The number of hydrogen-bond acceptors (Lipinski definition) is 2. The van der Waals surface area contributed by atoms with Crippen molar-refractivity contribution in [2.75, 3.05) is 5.32 Å². The first-order valence-corrected chi connectivity index (χ1v) is 5.90. The van der Waals surface area contributed by atoms with Gasteiger partial charge < -0.3 is 15.6 Å². The molecule has 0 spiro atoms. The maximum absolute atomic E-state index is 5.19. The van der Waals surface area contributed by atoms with Crippen LogP contribution in [-0.2, 0) is 0 Å². The van der Waals surface area contributed by atoms with E-state index in [9.17, 15) is 0 Å². The minimum absolute atomic E-state index is 0. The van der Waals surface area contributed by atoms with Crippen molar-refractivity contribution >= 4 is 33.9 Å². The third-order valence-corrected chi connectivity index (χ3v) is 2.45. The van der Waals surface area contributed by atoms with Gasteiger partial charge in [-0.25, -0.2) is 0 Å². The molecule has 0 amide bonds. The molecule has 0 bridgehead atoms. The van der Waals surface area contributed by atoms with Crippen LogP contribution in [0, 0.1) is 6.20 Å². The Balaban J connectivity index is 0.00000162. The van der Waals surface area contributed by atoms with Gasteiger partial charge in [-0.05, 0) is 37.6 Å². The molecule has 2 rings (SSSR count). The molecule has 3 nitrogen and oxygen atoms in total. The molecule has 5 heteroatoms. The molecule has 0 saturated carbocycles. The molecule has 0 saturated heterocycles. The summed E-state index contributed by atoms with van der Waals surface area (Å²) >= 11 is 5.19. The third kappa shape index (κ3) is 4.57. The fourth-order valence-electron chi connectivity index (χ4n) is 1.53. The minimum Gasteiger partial charge on any atom is -0.386 e. The first kappa shape index (κ1) is 16.0. The van der Waals surface area contributed by atoms with Crippen molar-refractivity contribution in [3.05, 3.63) is 36.5 Å². The van der Waals surface area contributed by atoms with E-state index in [1.807, 2.05) is 38.1 Å². The van der Waals surface area contributed by atoms with E-state index in [4.69, 9.17) is 12.2 Å². The number of benzene rings is 1. The zero-order chi connectivity index (χ0) is 12.3. The monoisotopic (exact) mass is 283 g/mol. The van der Waals surface area contributed by atoms with Crippen LogP contribution in [0.15, 0.2) is 30.3 Å². The van der Waals surface area contributed by atoms with Crippen LogP contribution in [-0.4, -0.2) is 16.1 Å². The first-order valence-electron chi connectivity index (χ1n) is 5.49. The van der Waals surface area contributed by atoms with E-state index in [2.05, 4.69) is 21.8 Å². The number of rotatable bonds is 2. The molecule has 0 fully saturated rings. The molecule has 0 unspecified atom stereocenters. The Labute approximate surface area is 155 Å². The summed E-state index contributed by atoms with van der Waals surface area (Å²) < 4.78 is 0. The number of nitrogens with zero attached hydrogens (tertiary/aromatic N) is 1. The van der Waals surface area contributed by atoms with E-state index >= 15 is 0 Å². The van der Waals surface area contributed by atoms with Gasteiger partial charge in [-0.15, -0.1) is 5.39 Å². The Hall–Kier alpha value is -0.0436. The summed E-state index contributed by atoms with van der Waals surface area (Å²) in [6.07, 6.45) is 2.81. The van der Waals surface area contributed by atoms with Crippen LogP contribution < -0.4 is 62.0 Å². The third-order valence-electron chi connectivity index (χ3n) is 2.23. The molecular weight excluding hydrogens is 269 g/mol. The Morgan fingerprint density at radius 3 is 2.83 bits per heavy atom. The SMILES string of the molecule is CC(C)NC(=S)Nc1ccc2n[c-]ccc2c1.[K+]. The molecule has 18 heavy (non-hydrogen) atoms. The molecule has 88 valence electrons. The van der Waals surface area contributed by atoms with E-state index in [1.54, 1.807) is 6.07 Å². The maximum atomic E-state index is 5.19. The second-order valence-electron chi connectivity index (χ2n) is 4.10. The zero-order valence-corrected chi connectivity index (χ0v) is 14.8. The number of aromatic nitrogens is 1. The zero-order valence-electron chi connectivity index (χ0n) is 10.8. The van der Waals surface area contributed by atoms with E-state index in [-0.39, 0.29) is 51.4 Å². The summed E-state index contributed by atoms with van der Waals surface area (Å²) in [5.41, 5.74) is 1.89. The van der Waals surface area contributed by atoms with Crippen LogP contribution in [0.1, 0.15) is 13.8 Å². The van der Waals surface area contributed by atoms with Gasteiger partial charge in [0.1, 0.15) is 0 Å². The fraction of sp³-hybridized carbons (Fsp3) is 0.231. The van der Waals surface area contributed by atoms with Crippen molar-refractivity contribution in [2.24, 2.45) is 0 Å². The van der Waals surface area contributed by atoms with Crippen molar-refractivity contribution in [1.82, 2.24) is 10.3 Å². The standard InChI is InChI=1S/C13H14N3S.K/c1-9(2)15-13(17)16-11-5-6-12-10(8-11)4-3-7-14-12;/h3-6,8-9H,1-2H3,(H2,15,16,17);/q-1;+1. The number of nitrogens with one attached hydrogen (secondary N) is 2. The molecule has 0 aliphatic rings. The predicted octanol–water partition coefficient (Wildman–Crippen LogP) is -0.266. The van der Waals surface area contributed by atoms with Crippen LogP contribution in [0.3, 0.4) is 0 Å². The van der Waals surface area contributed by atoms with Gasteiger partial charge in [0, 0.05) is 11.7 Å². The van der Waals surface area contributed by atoms with Crippen molar-refractivity contribution in [3.63, 3.8) is 0 Å². The van der Waals surface area contributed by atoms with Gasteiger partial charge in [0.15, 0.2) is 5.11 Å². The molecule has 1 aromatic carbocycles. The second kappa shape index (κ2) is 7.52. The fourth-order valence-corrected chi connectivity index (χ4v) is 1.88. The summed E-state index contributed by atoms with van der Waals surface area (Å²) in [5.74, 6) is 0. The second-order valence-corrected chi connectivity index (χ2v) is 4.51. The van der Waals surface area contributed by atoms with E-state index in [1.165, 1.54) is 0 Å². The number of thiocarbonyl (C=S) groups is 1. The van der Waals surface area contributed by atoms with Crippen LogP contribution >= 0.6 is 12.2 Å². The largest absolute Gasteiger partial charge is 1.00 e. The first-order chi connectivity index (χ1) is 8.15. The van der Waals surface area contributed by atoms with Gasteiger partial charge in [0.2, 0.25) is 0 Å². The summed E-state index contributed by atoms with van der Waals surface area (Å²) in [4.78, 5) is 4.15. The number of pyridine rings is 1. The maximum Gasteiger partial charge on any atom is 1.00 e. The molecule has 0 radical (unpaired) electrons. The molecule has 2 aromatic rings. The van der Waals surface area contributed by atoms with Gasteiger partial charge in [-0.2, -0.15) is 12.1 Å². The Bertz CT molecular complexity index is 543. The molecule has 1 aromatic heterocycles. The molecule has 1 heterocycles. The Morgan fingerprint density at radius 1 is 1.33 bits per heavy atom. The van der Waals surface area contributed by atoms with E-state index in [0.717, 1.165) is 16.6 Å². The van der Waals surface area contributed by atoms with Gasteiger partial charge in [-0.1, -0.05) is 18.3 Å². The molecule has 0 aliphatic carbocycles. The average molecular weight is 283 g/mol. The van der Waals surface area contributed by atoms with Gasteiger partial charge >= 0.3 is 51.4 Å². The van der Waals surface area contributed by atoms with E-state index in [0.29, 0.717) is 11.2 Å². The van der Waals surface area contributed by atoms with Crippen molar-refractivity contribution in [2.45, 2.75) is 19.9 Å². The molecule has 2 N–H and O–H groups in total. The van der Waals surface area contributed by atoms with Crippen molar-refractivity contribution in [1.29, 1.82) is 0 Å². The smallest absolute Gasteiger partial charge is 0.386 e. The van der Waals surface area contributed by atoms with Gasteiger partial charge in [-0.3, -0.25) is 0 Å². The van der Waals surface area contributed by atoms with Crippen LogP contribution in [0.2, 0.25) is 0 Å². The van der Waals surface area contributed by atoms with Crippen LogP contribution in [0.4, 0.5) is 5.69 Å². The summed E-state index contributed by atoms with van der Waals surface area (Å²) in [7, 11) is 0. The van der Waals surface area contributed by atoms with Crippen molar-refractivity contribution in [3.8, 4) is 0 Å². The van der Waals surface area contributed by atoms with Crippen LogP contribution in [0.5, 0.6) is 0 Å². The summed E-state index contributed by atoms with van der Waals surface area (Å²) in [5, 5.41) is 7.99. The van der Waals surface area contributed by atoms with Crippen molar-refractivity contribution < 1.29 is 51.4 Å². The minimum atomic E-state index is 0. The average Bonchev–Trinajstić information content (AvgIpc) is 2.27. The molecular formula is C13H14KN3S. The number of hydrogen-bond donors (Lipinski definition) is 2. The van der Waals surface area contributed by atoms with Crippen LogP contribution in [0.25, 0.3) is 10.9 Å². The van der Waals surface area contributed by atoms with E-state index < -0.39 is 0 Å². The summed E-state index contributed by atoms with van der Waals surface area (Å²) in [6, 6.07) is 10.0. The quantitative estimate of drug-likeness (QED) is 0.452. The Morgan fingerprint density at radius 2 is 2.11 bits per heavy atom.